The number of methoxy groups -OCH3 is 1. The van der Waals surface area contributed by atoms with Crippen LogP contribution in [0.2, 0.25) is 0 Å². The van der Waals surface area contributed by atoms with E-state index in [9.17, 15) is 9.59 Å². The highest BCUT2D eigenvalue weighted by Crippen LogP contribution is 2.26. The van der Waals surface area contributed by atoms with Gasteiger partial charge in [0.15, 0.2) is 4.32 Å². The highest BCUT2D eigenvalue weighted by molar-refractivity contribution is 9.10. The van der Waals surface area contributed by atoms with Crippen LogP contribution in [-0.4, -0.2) is 28.3 Å². The molecule has 1 saturated heterocycles. The number of carbonyl (C=O) groups is 2. The van der Waals surface area contributed by atoms with E-state index in [1.54, 1.807) is 14.0 Å². The molecule has 6 heteroatoms. The summed E-state index contributed by atoms with van der Waals surface area (Å²) in [5, 5.41) is 1.30. The van der Waals surface area contributed by atoms with Crippen LogP contribution in [0.1, 0.15) is 12.5 Å². The molecule has 1 unspecified atom stereocenters. The van der Waals surface area contributed by atoms with Crippen LogP contribution in [0.4, 0.5) is 0 Å². The Morgan fingerprint density at radius 3 is 2.39 bits per heavy atom. The molecule has 5 nitrogen and oxygen atoms in total. The first kappa shape index (κ1) is 12.9. The topological polar surface area (TPSA) is 58.6 Å². The lowest BCUT2D eigenvalue weighted by atomic mass is 10.1. The summed E-state index contributed by atoms with van der Waals surface area (Å²) in [5.41, 5.74) is 3.45. The van der Waals surface area contributed by atoms with E-state index in [4.69, 9.17) is 4.74 Å². The summed E-state index contributed by atoms with van der Waals surface area (Å²) in [5.74, 6) is 0.116. The molecule has 1 N–H and O–H groups in total. The summed E-state index contributed by atoms with van der Waals surface area (Å²) in [6.07, 6.45) is 0. The van der Waals surface area contributed by atoms with Crippen LogP contribution in [0.15, 0.2) is 24.3 Å². The summed E-state index contributed by atoms with van der Waals surface area (Å²) >= 11 is 3.13. The Morgan fingerprint density at radius 1 is 1.33 bits per heavy atom. The van der Waals surface area contributed by atoms with Crippen molar-refractivity contribution in [1.82, 2.24) is 10.4 Å². The number of ether oxygens (including phenoxy) is 1. The van der Waals surface area contributed by atoms with Gasteiger partial charge in [-0.05, 0) is 24.6 Å². The molecule has 0 spiro atoms. The normalized spacial score (nSPS) is 23.2. The molecule has 0 saturated carbocycles. The largest absolute Gasteiger partial charge is 0.497 e. The Bertz CT molecular complexity index is 485. The first-order chi connectivity index (χ1) is 8.45. The molecule has 2 amide bonds. The molecule has 0 aliphatic carbocycles. The van der Waals surface area contributed by atoms with Gasteiger partial charge in [0.25, 0.3) is 11.8 Å². The Kier molecular flexibility index (Phi) is 3.30. The van der Waals surface area contributed by atoms with Crippen LogP contribution in [0.5, 0.6) is 5.75 Å². The Hall–Kier alpha value is -1.56. The quantitative estimate of drug-likeness (QED) is 0.674. The van der Waals surface area contributed by atoms with Gasteiger partial charge in [-0.25, -0.2) is 5.01 Å². The van der Waals surface area contributed by atoms with Crippen LogP contribution < -0.4 is 10.2 Å². The molecule has 1 aliphatic heterocycles. The van der Waals surface area contributed by atoms with Crippen molar-refractivity contribution in [3.63, 3.8) is 0 Å². The van der Waals surface area contributed by atoms with E-state index < -0.39 is 4.32 Å². The number of hydrogen-bond donors (Lipinski definition) is 1. The fourth-order valence-corrected chi connectivity index (χ4v) is 1.96. The first-order valence-electron chi connectivity index (χ1n) is 5.40. The number of nitrogens with one attached hydrogen (secondary N) is 1. The number of nitrogens with zero attached hydrogens (tertiary/aromatic N) is 1. The second kappa shape index (κ2) is 4.61. The first-order valence-corrected chi connectivity index (χ1v) is 6.19. The average molecular weight is 313 g/mol. The molecule has 1 atom stereocenters. The van der Waals surface area contributed by atoms with Gasteiger partial charge < -0.3 is 4.74 Å². The van der Waals surface area contributed by atoms with Crippen LogP contribution in [0.3, 0.4) is 0 Å². The van der Waals surface area contributed by atoms with Crippen molar-refractivity contribution in [2.45, 2.75) is 17.8 Å². The standard InChI is InChI=1S/C12H13BrN2O3/c1-12(13)10(16)14-15(11(12)17)7-8-3-5-9(18-2)6-4-8/h3-6H,7H2,1-2H3,(H,14,16). The molecular formula is C12H13BrN2O3. The van der Waals surface area contributed by atoms with E-state index in [2.05, 4.69) is 21.4 Å². The predicted octanol–water partition coefficient (Wildman–Crippen LogP) is 1.22. The minimum atomic E-state index is -1.17. The SMILES string of the molecule is COc1ccc(CN2NC(=O)C(C)(Br)C2=O)cc1. The molecule has 1 aromatic rings. The van der Waals surface area contributed by atoms with Gasteiger partial charge in [-0.2, -0.15) is 0 Å². The fraction of sp³-hybridized carbons (Fsp3) is 0.333. The minimum Gasteiger partial charge on any atom is -0.497 e. The third kappa shape index (κ3) is 2.20. The number of benzene rings is 1. The second-order valence-corrected chi connectivity index (χ2v) is 5.77. The fourth-order valence-electron chi connectivity index (χ4n) is 1.65. The molecular weight excluding hydrogens is 300 g/mol. The van der Waals surface area contributed by atoms with Crippen molar-refractivity contribution in [2.24, 2.45) is 0 Å². The summed E-state index contributed by atoms with van der Waals surface area (Å²) < 4.78 is 3.89. The predicted molar refractivity (Wildman–Crippen MR) is 69.0 cm³/mol. The maximum absolute atomic E-state index is 11.9. The average Bonchev–Trinajstić information content (AvgIpc) is 2.54. The van der Waals surface area contributed by atoms with Gasteiger partial charge in [-0.1, -0.05) is 28.1 Å². The van der Waals surface area contributed by atoms with Gasteiger partial charge in [0.1, 0.15) is 5.75 Å². The number of halogens is 1. The summed E-state index contributed by atoms with van der Waals surface area (Å²) in [6, 6.07) is 7.32. The molecule has 96 valence electrons. The third-order valence-corrected chi connectivity index (χ3v) is 3.51. The van der Waals surface area contributed by atoms with Crippen molar-refractivity contribution in [1.29, 1.82) is 0 Å². The molecule has 0 bridgehead atoms. The van der Waals surface area contributed by atoms with E-state index in [1.807, 2.05) is 24.3 Å². The van der Waals surface area contributed by atoms with Crippen LogP contribution >= 0.6 is 15.9 Å². The molecule has 1 aromatic carbocycles. The molecule has 1 fully saturated rings. The van der Waals surface area contributed by atoms with Crippen LogP contribution in [0.25, 0.3) is 0 Å². The summed E-state index contributed by atoms with van der Waals surface area (Å²) in [6.45, 7) is 1.87. The molecule has 2 rings (SSSR count). The van der Waals surface area contributed by atoms with Gasteiger partial charge in [0.2, 0.25) is 0 Å². The van der Waals surface area contributed by atoms with Gasteiger partial charge in [0, 0.05) is 0 Å². The maximum Gasteiger partial charge on any atom is 0.267 e. The summed E-state index contributed by atoms with van der Waals surface area (Å²) in [7, 11) is 1.59. The highest BCUT2D eigenvalue weighted by Gasteiger charge is 2.48. The molecule has 1 aliphatic rings. The number of amides is 2. The van der Waals surface area contributed by atoms with E-state index in [1.165, 1.54) is 5.01 Å². The van der Waals surface area contributed by atoms with Crippen molar-refractivity contribution in [3.8, 4) is 5.75 Å². The van der Waals surface area contributed by atoms with E-state index in [-0.39, 0.29) is 11.8 Å². The highest BCUT2D eigenvalue weighted by atomic mass is 79.9. The Balaban J connectivity index is 2.11. The second-order valence-electron chi connectivity index (χ2n) is 4.18. The molecule has 18 heavy (non-hydrogen) atoms. The summed E-state index contributed by atoms with van der Waals surface area (Å²) in [4.78, 5) is 23.5. The molecule has 1 heterocycles. The Morgan fingerprint density at radius 2 is 1.94 bits per heavy atom. The minimum absolute atomic E-state index is 0.289. The van der Waals surface area contributed by atoms with E-state index in [0.717, 1.165) is 11.3 Å². The van der Waals surface area contributed by atoms with Crippen LogP contribution in [-0.2, 0) is 16.1 Å². The van der Waals surface area contributed by atoms with Gasteiger partial charge in [-0.3, -0.25) is 15.0 Å². The number of alkyl halides is 1. The van der Waals surface area contributed by atoms with Gasteiger partial charge in [-0.15, -0.1) is 0 Å². The monoisotopic (exact) mass is 312 g/mol. The third-order valence-electron chi connectivity index (χ3n) is 2.81. The van der Waals surface area contributed by atoms with Crippen molar-refractivity contribution < 1.29 is 14.3 Å². The zero-order valence-corrected chi connectivity index (χ0v) is 11.7. The molecule has 0 radical (unpaired) electrons. The van der Waals surface area contributed by atoms with Crippen molar-refractivity contribution in [2.75, 3.05) is 7.11 Å². The van der Waals surface area contributed by atoms with Gasteiger partial charge >= 0.3 is 0 Å². The number of carbonyl (C=O) groups excluding carboxylic acids is 2. The number of hydrazine groups is 1. The zero-order chi connectivity index (χ0) is 13.3. The lowest BCUT2D eigenvalue weighted by Gasteiger charge is -2.16. The van der Waals surface area contributed by atoms with E-state index >= 15 is 0 Å². The van der Waals surface area contributed by atoms with E-state index in [0.29, 0.717) is 6.54 Å². The Labute approximate surface area is 113 Å². The van der Waals surface area contributed by atoms with Crippen LogP contribution in [0, 0.1) is 0 Å². The van der Waals surface area contributed by atoms with Crippen molar-refractivity contribution in [3.05, 3.63) is 29.8 Å². The maximum atomic E-state index is 11.9. The lowest BCUT2D eigenvalue weighted by Crippen LogP contribution is -2.35. The van der Waals surface area contributed by atoms with Gasteiger partial charge in [0.05, 0.1) is 13.7 Å². The number of rotatable bonds is 3. The number of hydrogen-bond acceptors (Lipinski definition) is 3. The zero-order valence-electron chi connectivity index (χ0n) is 10.1. The smallest absolute Gasteiger partial charge is 0.267 e. The van der Waals surface area contributed by atoms with Crippen molar-refractivity contribution >= 4 is 27.7 Å². The molecule has 0 aromatic heterocycles. The lowest BCUT2D eigenvalue weighted by molar-refractivity contribution is -0.131.